The summed E-state index contributed by atoms with van der Waals surface area (Å²) in [6, 6.07) is 1.37. The number of anilines is 1. The van der Waals surface area contributed by atoms with E-state index in [1.165, 1.54) is 12.3 Å². The fraction of sp³-hybridized carbons (Fsp3) is 0.533. The molecule has 1 fully saturated rings. The third-order valence-electron chi connectivity index (χ3n) is 3.73. The maximum absolute atomic E-state index is 11.5. The molecule has 0 spiro atoms. The van der Waals surface area contributed by atoms with E-state index in [1.807, 2.05) is 0 Å². The summed E-state index contributed by atoms with van der Waals surface area (Å²) in [4.78, 5) is 24.9. The number of aliphatic hydroxyl groups is 6. The number of carbonyl (C=O) groups excluding carboxylic acids is 1. The van der Waals surface area contributed by atoms with Gasteiger partial charge in [0.15, 0.2) is 6.23 Å². The van der Waals surface area contributed by atoms with Crippen molar-refractivity contribution in [1.29, 1.82) is 0 Å². The highest BCUT2D eigenvalue weighted by Crippen LogP contribution is 2.27. The lowest BCUT2D eigenvalue weighted by atomic mass is 10.1. The monoisotopic (exact) mass is 389 g/mol. The van der Waals surface area contributed by atoms with E-state index in [2.05, 4.69) is 11.6 Å². The zero-order valence-electron chi connectivity index (χ0n) is 14.2. The number of aliphatic hydroxyl groups excluding tert-OH is 6. The van der Waals surface area contributed by atoms with Crippen LogP contribution in [0.3, 0.4) is 0 Å². The average Bonchev–Trinajstić information content (AvgIpc) is 2.94. The highest BCUT2D eigenvalue weighted by Gasteiger charge is 2.43. The Hall–Kier alpha value is -2.19. The van der Waals surface area contributed by atoms with Crippen molar-refractivity contribution in [2.45, 2.75) is 36.7 Å². The van der Waals surface area contributed by atoms with Gasteiger partial charge in [0.2, 0.25) is 0 Å². The Bertz CT molecular complexity index is 695. The van der Waals surface area contributed by atoms with Gasteiger partial charge in [-0.1, -0.05) is 6.58 Å². The predicted molar refractivity (Wildman–Crippen MR) is 90.2 cm³/mol. The summed E-state index contributed by atoms with van der Waals surface area (Å²) in [7, 11) is 0. The highest BCUT2D eigenvalue weighted by atomic mass is 16.6. The Morgan fingerprint density at radius 1 is 1.37 bits per heavy atom. The van der Waals surface area contributed by atoms with Crippen LogP contribution in [0.15, 0.2) is 29.2 Å². The number of nitrogens with two attached hydrogens (primary N) is 1. The average molecular weight is 389 g/mol. The molecule has 2 unspecified atom stereocenters. The highest BCUT2D eigenvalue weighted by molar-refractivity contribution is 5.73. The second-order valence-electron chi connectivity index (χ2n) is 5.66. The van der Waals surface area contributed by atoms with E-state index in [0.717, 1.165) is 4.57 Å². The van der Waals surface area contributed by atoms with Crippen LogP contribution < -0.4 is 11.4 Å². The van der Waals surface area contributed by atoms with Gasteiger partial charge in [0.1, 0.15) is 42.6 Å². The number of hydrogen-bond acceptors (Lipinski definition) is 11. The van der Waals surface area contributed by atoms with Gasteiger partial charge in [-0.15, -0.1) is 0 Å². The Morgan fingerprint density at radius 3 is 2.44 bits per heavy atom. The normalized spacial score (nSPS) is 26.6. The summed E-state index contributed by atoms with van der Waals surface area (Å²) in [5.74, 6) is 0.0537. The molecular formula is C15H23N3O9. The van der Waals surface area contributed by atoms with Gasteiger partial charge in [0, 0.05) is 11.8 Å². The van der Waals surface area contributed by atoms with Crippen molar-refractivity contribution >= 4 is 12.1 Å². The smallest absolute Gasteiger partial charge is 0.351 e. The van der Waals surface area contributed by atoms with Crippen LogP contribution in [0.4, 0.5) is 5.82 Å². The maximum atomic E-state index is 11.5. The van der Waals surface area contributed by atoms with Crippen molar-refractivity contribution in [2.24, 2.45) is 0 Å². The Kier molecular flexibility index (Phi) is 8.65. The summed E-state index contributed by atoms with van der Waals surface area (Å²) in [5, 5.41) is 54.0. The van der Waals surface area contributed by atoms with E-state index >= 15 is 0 Å². The van der Waals surface area contributed by atoms with Crippen LogP contribution in [0.2, 0.25) is 0 Å². The lowest BCUT2D eigenvalue weighted by Gasteiger charge is -2.16. The Morgan fingerprint density at radius 2 is 2.00 bits per heavy atom. The van der Waals surface area contributed by atoms with Gasteiger partial charge in [-0.2, -0.15) is 4.98 Å². The van der Waals surface area contributed by atoms with E-state index in [9.17, 15) is 19.8 Å². The third-order valence-corrected chi connectivity index (χ3v) is 3.73. The molecule has 1 saturated heterocycles. The molecule has 12 nitrogen and oxygen atoms in total. The Labute approximate surface area is 153 Å². The zero-order valence-corrected chi connectivity index (χ0v) is 14.2. The number of aromatic nitrogens is 2. The zero-order chi connectivity index (χ0) is 20.7. The van der Waals surface area contributed by atoms with Gasteiger partial charge in [-0.25, -0.2) is 4.79 Å². The molecule has 0 amide bonds. The first-order valence-electron chi connectivity index (χ1n) is 7.76. The van der Waals surface area contributed by atoms with E-state index in [-0.39, 0.29) is 11.4 Å². The van der Waals surface area contributed by atoms with Crippen LogP contribution in [0, 0.1) is 0 Å². The molecule has 1 aliphatic rings. The van der Waals surface area contributed by atoms with E-state index in [0.29, 0.717) is 6.29 Å². The minimum Gasteiger partial charge on any atom is -0.394 e. The number of carbonyl (C=O) groups is 1. The minimum atomic E-state index is -1.36. The molecule has 0 radical (unpaired) electrons. The second kappa shape index (κ2) is 10.2. The molecule has 0 bridgehead atoms. The summed E-state index contributed by atoms with van der Waals surface area (Å²) in [6.45, 7) is 2.11. The van der Waals surface area contributed by atoms with Crippen molar-refractivity contribution in [3.63, 3.8) is 0 Å². The molecular weight excluding hydrogens is 366 g/mol. The van der Waals surface area contributed by atoms with Gasteiger partial charge in [-0.3, -0.25) is 9.36 Å². The lowest BCUT2D eigenvalue weighted by Crippen LogP contribution is -2.36. The number of nitrogen functional groups attached to an aromatic ring is 1. The molecule has 12 heteroatoms. The van der Waals surface area contributed by atoms with Crippen molar-refractivity contribution in [3.8, 4) is 0 Å². The van der Waals surface area contributed by atoms with Crippen LogP contribution in [-0.4, -0.2) is 90.2 Å². The maximum Gasteiger partial charge on any atom is 0.351 e. The molecule has 152 valence electrons. The number of nitrogens with zero attached hydrogens (tertiary/aromatic N) is 2. The van der Waals surface area contributed by atoms with E-state index in [4.69, 9.17) is 30.9 Å². The van der Waals surface area contributed by atoms with Crippen LogP contribution >= 0.6 is 0 Å². The topological polar surface area (TPSA) is 209 Å². The minimum absolute atomic E-state index is 0.0537. The molecule has 1 aliphatic heterocycles. The lowest BCUT2D eigenvalue weighted by molar-refractivity contribution is -0.106. The molecule has 2 heterocycles. The molecule has 1 aromatic rings. The summed E-state index contributed by atoms with van der Waals surface area (Å²) in [6.07, 6.45) is -5.61. The standard InChI is InChI=1S/C9H13N3O5.C6H10O4/c10-5-1-2-12(9(16)11-5)8-7(15)6(14)4(3-13)17-8;1-4(2-7)6(10)5(9)3-8/h1-2,4,6-8,13-15H,3H2,(H2,10,11,16);2,5-6,8-10H,1,3H2/t4-,6-,7-,8-;/m1./s1. The van der Waals surface area contributed by atoms with Gasteiger partial charge in [0.25, 0.3) is 0 Å². The molecule has 0 saturated carbocycles. The van der Waals surface area contributed by atoms with Crippen LogP contribution in [0.25, 0.3) is 0 Å². The first-order valence-corrected chi connectivity index (χ1v) is 7.76. The van der Waals surface area contributed by atoms with Gasteiger partial charge < -0.3 is 41.1 Å². The third kappa shape index (κ3) is 5.64. The van der Waals surface area contributed by atoms with Crippen molar-refractivity contribution < 1.29 is 40.2 Å². The first kappa shape index (κ1) is 22.9. The molecule has 2 rings (SSSR count). The molecule has 8 N–H and O–H groups in total. The van der Waals surface area contributed by atoms with Crippen LogP contribution in [0.1, 0.15) is 6.23 Å². The molecule has 0 aliphatic carbocycles. The number of rotatable bonds is 6. The van der Waals surface area contributed by atoms with E-state index in [1.54, 1.807) is 0 Å². The van der Waals surface area contributed by atoms with Gasteiger partial charge >= 0.3 is 5.69 Å². The number of aldehydes is 1. The molecule has 6 atom stereocenters. The molecule has 27 heavy (non-hydrogen) atoms. The summed E-state index contributed by atoms with van der Waals surface area (Å²) < 4.78 is 6.19. The van der Waals surface area contributed by atoms with Crippen molar-refractivity contribution in [1.82, 2.24) is 9.55 Å². The van der Waals surface area contributed by atoms with Crippen LogP contribution in [0.5, 0.6) is 0 Å². The largest absolute Gasteiger partial charge is 0.394 e. The first-order chi connectivity index (χ1) is 12.7. The molecule has 0 aromatic carbocycles. The quantitative estimate of drug-likeness (QED) is 0.184. The molecule has 1 aromatic heterocycles. The van der Waals surface area contributed by atoms with Gasteiger partial charge in [-0.05, 0) is 6.07 Å². The number of ether oxygens (including phenoxy) is 1. The van der Waals surface area contributed by atoms with E-state index < -0.39 is 55.7 Å². The Balaban J connectivity index is 0.000000314. The van der Waals surface area contributed by atoms with Crippen molar-refractivity contribution in [3.05, 3.63) is 34.9 Å². The number of hydrogen-bond donors (Lipinski definition) is 7. The summed E-state index contributed by atoms with van der Waals surface area (Å²) in [5.41, 5.74) is 4.49. The summed E-state index contributed by atoms with van der Waals surface area (Å²) >= 11 is 0. The predicted octanol–water partition coefficient (Wildman–Crippen LogP) is -4.11. The van der Waals surface area contributed by atoms with Gasteiger partial charge in [0.05, 0.1) is 13.2 Å². The second-order valence-corrected chi connectivity index (χ2v) is 5.66. The SMILES string of the molecule is C=C(C=O)C(O)C(O)CO.Nc1ccn([C@@H]2O[C@H](CO)[C@@H](O)[C@H]2O)c(=O)n1. The fourth-order valence-electron chi connectivity index (χ4n) is 2.15. The van der Waals surface area contributed by atoms with Crippen molar-refractivity contribution in [2.75, 3.05) is 18.9 Å². The van der Waals surface area contributed by atoms with Crippen LogP contribution in [-0.2, 0) is 9.53 Å². The fourth-order valence-corrected chi connectivity index (χ4v) is 2.15.